The zero-order valence-corrected chi connectivity index (χ0v) is 11.7. The Labute approximate surface area is 103 Å². The van der Waals surface area contributed by atoms with Crippen molar-refractivity contribution in [2.75, 3.05) is 13.7 Å². The molecule has 1 unspecified atom stereocenters. The van der Waals surface area contributed by atoms with Crippen LogP contribution in [0.3, 0.4) is 0 Å². The van der Waals surface area contributed by atoms with Crippen molar-refractivity contribution in [2.45, 2.75) is 46.6 Å². The van der Waals surface area contributed by atoms with Crippen molar-refractivity contribution in [1.82, 2.24) is 0 Å². The molecule has 4 nitrogen and oxygen atoms in total. The summed E-state index contributed by atoms with van der Waals surface area (Å²) in [6.07, 6.45) is -0.198. The predicted octanol–water partition coefficient (Wildman–Crippen LogP) is 1.59. The van der Waals surface area contributed by atoms with Crippen molar-refractivity contribution in [2.24, 2.45) is 11.3 Å². The van der Waals surface area contributed by atoms with E-state index in [0.29, 0.717) is 0 Å². The number of hydrogen-bond acceptors (Lipinski definition) is 4. The lowest BCUT2D eigenvalue weighted by atomic mass is 9.75. The number of ether oxygens (including phenoxy) is 1. The molecule has 1 atom stereocenters. The van der Waals surface area contributed by atoms with E-state index < -0.39 is 17.6 Å². The lowest BCUT2D eigenvalue weighted by molar-refractivity contribution is -0.148. The minimum Gasteiger partial charge on any atom is -0.393 e. The van der Waals surface area contributed by atoms with Crippen LogP contribution < -0.4 is 0 Å². The van der Waals surface area contributed by atoms with Crippen molar-refractivity contribution < 1.29 is 19.4 Å². The van der Waals surface area contributed by atoms with E-state index in [4.69, 9.17) is 9.84 Å². The van der Waals surface area contributed by atoms with Crippen LogP contribution in [0.4, 0.5) is 0 Å². The first-order chi connectivity index (χ1) is 7.61. The number of rotatable bonds is 7. The van der Waals surface area contributed by atoms with E-state index in [9.17, 15) is 9.59 Å². The van der Waals surface area contributed by atoms with Crippen LogP contribution in [0.5, 0.6) is 0 Å². The highest BCUT2D eigenvalue weighted by molar-refractivity contribution is 6.04. The normalized spacial score (nSPS) is 15.8. The molecular formula is C13H24O4. The molecule has 0 spiro atoms. The topological polar surface area (TPSA) is 63.6 Å². The Kier molecular flexibility index (Phi) is 5.49. The quantitative estimate of drug-likeness (QED) is 0.691. The van der Waals surface area contributed by atoms with E-state index in [0.717, 1.165) is 0 Å². The molecule has 100 valence electrons. The molecule has 0 fully saturated rings. The first-order valence-corrected chi connectivity index (χ1v) is 5.84. The third-order valence-corrected chi connectivity index (χ3v) is 3.83. The third kappa shape index (κ3) is 3.61. The van der Waals surface area contributed by atoms with Crippen molar-refractivity contribution in [1.29, 1.82) is 0 Å². The summed E-state index contributed by atoms with van der Waals surface area (Å²) in [5.74, 6) is -0.332. The molecule has 0 rings (SSSR count). The van der Waals surface area contributed by atoms with E-state index in [1.165, 1.54) is 14.0 Å². The van der Waals surface area contributed by atoms with Gasteiger partial charge in [-0.1, -0.05) is 27.7 Å². The van der Waals surface area contributed by atoms with Crippen molar-refractivity contribution >= 4 is 11.6 Å². The van der Waals surface area contributed by atoms with Crippen LogP contribution in [-0.2, 0) is 14.3 Å². The van der Waals surface area contributed by atoms with Gasteiger partial charge in [0.25, 0.3) is 0 Å². The highest BCUT2D eigenvalue weighted by Crippen LogP contribution is 2.29. The van der Waals surface area contributed by atoms with Crippen LogP contribution in [-0.4, -0.2) is 36.0 Å². The number of ketones is 2. The zero-order chi connectivity index (χ0) is 13.9. The summed E-state index contributed by atoms with van der Waals surface area (Å²) < 4.78 is 4.97. The van der Waals surface area contributed by atoms with Crippen LogP contribution in [0.1, 0.15) is 41.0 Å². The van der Waals surface area contributed by atoms with Crippen LogP contribution in [0.25, 0.3) is 0 Å². The molecule has 0 radical (unpaired) electrons. The van der Waals surface area contributed by atoms with Gasteiger partial charge in [0.2, 0.25) is 0 Å². The van der Waals surface area contributed by atoms with Crippen molar-refractivity contribution in [3.8, 4) is 0 Å². The third-order valence-electron chi connectivity index (χ3n) is 3.83. The van der Waals surface area contributed by atoms with Gasteiger partial charge in [-0.25, -0.2) is 0 Å². The number of aliphatic hydroxyl groups is 1. The molecule has 0 aliphatic heterocycles. The highest BCUT2D eigenvalue weighted by atomic mass is 16.5. The molecule has 0 aromatic carbocycles. The van der Waals surface area contributed by atoms with Gasteiger partial charge in [0.1, 0.15) is 11.4 Å². The lowest BCUT2D eigenvalue weighted by Gasteiger charge is -2.29. The maximum atomic E-state index is 12.0. The molecular weight excluding hydrogens is 220 g/mol. The molecule has 17 heavy (non-hydrogen) atoms. The summed E-state index contributed by atoms with van der Waals surface area (Å²) >= 11 is 0. The van der Waals surface area contributed by atoms with Crippen LogP contribution >= 0.6 is 0 Å². The maximum Gasteiger partial charge on any atom is 0.174 e. The summed E-state index contributed by atoms with van der Waals surface area (Å²) in [7, 11) is 1.35. The predicted molar refractivity (Wildman–Crippen MR) is 65.7 cm³/mol. The van der Waals surface area contributed by atoms with Gasteiger partial charge in [-0.3, -0.25) is 9.59 Å². The van der Waals surface area contributed by atoms with Crippen LogP contribution in [0.15, 0.2) is 0 Å². The van der Waals surface area contributed by atoms with E-state index in [2.05, 4.69) is 0 Å². The average molecular weight is 244 g/mol. The highest BCUT2D eigenvalue weighted by Gasteiger charge is 2.38. The molecule has 0 amide bonds. The number of Topliss-reactive ketones (excluding diaryl/α,β-unsaturated/α-hetero) is 2. The summed E-state index contributed by atoms with van der Waals surface area (Å²) in [5, 5.41) is 9.12. The second-order valence-electron chi connectivity index (χ2n) is 5.49. The van der Waals surface area contributed by atoms with Gasteiger partial charge >= 0.3 is 0 Å². The molecule has 0 saturated heterocycles. The van der Waals surface area contributed by atoms with Gasteiger partial charge in [-0.15, -0.1) is 0 Å². The van der Waals surface area contributed by atoms with Crippen LogP contribution in [0, 0.1) is 11.3 Å². The first kappa shape index (κ1) is 16.3. The van der Waals surface area contributed by atoms with E-state index in [1.54, 1.807) is 0 Å². The Hall–Kier alpha value is -0.740. The van der Waals surface area contributed by atoms with E-state index >= 15 is 0 Å². The molecule has 1 N–H and O–H groups in total. The van der Waals surface area contributed by atoms with Crippen molar-refractivity contribution in [3.63, 3.8) is 0 Å². The zero-order valence-electron chi connectivity index (χ0n) is 11.7. The fourth-order valence-electron chi connectivity index (χ4n) is 1.15. The Morgan fingerprint density at radius 2 is 1.65 bits per heavy atom. The van der Waals surface area contributed by atoms with Gasteiger partial charge < -0.3 is 9.84 Å². The number of carbonyl (C=O) groups is 2. The molecule has 0 aromatic rings. The molecule has 0 aliphatic carbocycles. The summed E-state index contributed by atoms with van der Waals surface area (Å²) in [4.78, 5) is 23.9. The SMILES string of the molecule is COC(C)(CO)C(=O)CC(=O)C(C)(C)C(C)C. The van der Waals surface area contributed by atoms with Gasteiger partial charge in [0.05, 0.1) is 13.0 Å². The van der Waals surface area contributed by atoms with E-state index in [-0.39, 0.29) is 23.9 Å². The Bertz CT molecular complexity index is 273. The second-order valence-corrected chi connectivity index (χ2v) is 5.49. The molecule has 0 aliphatic rings. The minimum absolute atomic E-state index is 0.116. The van der Waals surface area contributed by atoms with Crippen molar-refractivity contribution in [3.05, 3.63) is 0 Å². The fraction of sp³-hybridized carbons (Fsp3) is 0.846. The van der Waals surface area contributed by atoms with Crippen LogP contribution in [0.2, 0.25) is 0 Å². The smallest absolute Gasteiger partial charge is 0.174 e. The largest absolute Gasteiger partial charge is 0.393 e. The van der Waals surface area contributed by atoms with Gasteiger partial charge in [0.15, 0.2) is 5.78 Å². The van der Waals surface area contributed by atoms with E-state index in [1.807, 2.05) is 27.7 Å². The van der Waals surface area contributed by atoms with Gasteiger partial charge in [-0.2, -0.15) is 0 Å². The van der Waals surface area contributed by atoms with Gasteiger partial charge in [-0.05, 0) is 12.8 Å². The average Bonchev–Trinajstić information content (AvgIpc) is 2.27. The fourth-order valence-corrected chi connectivity index (χ4v) is 1.15. The standard InChI is InChI=1S/C13H24O4/c1-9(2)12(3,4)10(15)7-11(16)13(5,8-14)17-6/h9,14H,7-8H2,1-6H3. The maximum absolute atomic E-state index is 12.0. The molecule has 0 aromatic heterocycles. The summed E-state index contributed by atoms with van der Waals surface area (Å²) in [5.41, 5.74) is -1.82. The monoisotopic (exact) mass is 244 g/mol. The van der Waals surface area contributed by atoms with Gasteiger partial charge in [0, 0.05) is 12.5 Å². The summed E-state index contributed by atoms with van der Waals surface area (Å²) in [6.45, 7) is 8.63. The Morgan fingerprint density at radius 1 is 1.18 bits per heavy atom. The molecule has 0 heterocycles. The number of aliphatic hydroxyl groups excluding tert-OH is 1. The molecule has 0 saturated carbocycles. The number of methoxy groups -OCH3 is 1. The second kappa shape index (κ2) is 5.74. The minimum atomic E-state index is -1.28. The molecule has 4 heteroatoms. The Balaban J connectivity index is 4.77. The Morgan fingerprint density at radius 3 is 1.94 bits per heavy atom. The summed E-state index contributed by atoms with van der Waals surface area (Å²) in [6, 6.07) is 0. The first-order valence-electron chi connectivity index (χ1n) is 5.84. The molecule has 0 bridgehead atoms. The number of carbonyl (C=O) groups excluding carboxylic acids is 2. The lowest BCUT2D eigenvalue weighted by Crippen LogP contribution is -2.44. The number of hydrogen-bond donors (Lipinski definition) is 1.